The minimum atomic E-state index is -1.26. The largest absolute Gasteiger partial charge is 0.454 e. The number of benzene rings is 2. The van der Waals surface area contributed by atoms with E-state index < -0.39 is 53.3 Å². The number of carbonyl (C=O) groups is 5. The molecular formula is C31H35N3O8. The van der Waals surface area contributed by atoms with Crippen molar-refractivity contribution in [2.75, 3.05) is 13.4 Å². The Morgan fingerprint density at radius 3 is 2.43 bits per heavy atom. The Balaban J connectivity index is 1.45. The molecule has 2 aromatic rings. The van der Waals surface area contributed by atoms with E-state index in [0.717, 1.165) is 5.56 Å². The third-order valence-corrected chi connectivity index (χ3v) is 7.14. The van der Waals surface area contributed by atoms with Crippen molar-refractivity contribution in [1.82, 2.24) is 15.7 Å². The molecule has 2 aromatic carbocycles. The predicted octanol–water partition coefficient (Wildman–Crippen LogP) is 2.96. The molecule has 0 spiro atoms. The van der Waals surface area contributed by atoms with Crippen LogP contribution in [0, 0.1) is 17.8 Å². The van der Waals surface area contributed by atoms with Crippen LogP contribution in [0.4, 0.5) is 0 Å². The fraction of sp³-hybridized carbons (Fsp3) is 0.387. The quantitative estimate of drug-likeness (QED) is 0.223. The lowest BCUT2D eigenvalue weighted by atomic mass is 9.85. The van der Waals surface area contributed by atoms with Crippen molar-refractivity contribution < 1.29 is 38.3 Å². The summed E-state index contributed by atoms with van der Waals surface area (Å²) >= 11 is 0. The molecule has 4 rings (SSSR count). The van der Waals surface area contributed by atoms with Gasteiger partial charge < -0.3 is 20.1 Å². The zero-order chi connectivity index (χ0) is 30.4. The van der Waals surface area contributed by atoms with Crippen molar-refractivity contribution >= 4 is 35.5 Å². The van der Waals surface area contributed by atoms with E-state index in [0.29, 0.717) is 22.1 Å². The van der Waals surface area contributed by atoms with E-state index in [-0.39, 0.29) is 25.7 Å². The summed E-state index contributed by atoms with van der Waals surface area (Å²) in [7, 11) is 0. The number of imide groups is 1. The molecule has 0 bridgehead atoms. The first-order valence-electron chi connectivity index (χ1n) is 13.9. The Kier molecular flexibility index (Phi) is 9.74. The summed E-state index contributed by atoms with van der Waals surface area (Å²) in [5.41, 5.74) is 1.43. The summed E-state index contributed by atoms with van der Waals surface area (Å²) in [6.45, 7) is 6.85. The van der Waals surface area contributed by atoms with E-state index in [4.69, 9.17) is 14.3 Å². The van der Waals surface area contributed by atoms with Crippen LogP contribution in [0.5, 0.6) is 11.5 Å². The first-order valence-corrected chi connectivity index (χ1v) is 13.9. The van der Waals surface area contributed by atoms with Crippen LogP contribution in [0.15, 0.2) is 54.6 Å². The molecule has 0 unspecified atom stereocenters. The monoisotopic (exact) mass is 577 g/mol. The second-order valence-electron chi connectivity index (χ2n) is 10.5. The molecule has 0 aromatic heterocycles. The number of nitrogens with one attached hydrogen (secondary N) is 2. The molecule has 4 amide bonds. The number of fused-ring (bicyclic) bond motifs is 1. The maximum atomic E-state index is 13.5. The number of ketones is 1. The molecule has 0 radical (unpaired) electrons. The average Bonchev–Trinajstić information content (AvgIpc) is 3.52. The first-order chi connectivity index (χ1) is 20.1. The molecule has 0 saturated carbocycles. The Morgan fingerprint density at radius 2 is 1.74 bits per heavy atom. The normalized spacial score (nSPS) is 19.3. The maximum Gasteiger partial charge on any atom is 0.264 e. The van der Waals surface area contributed by atoms with Crippen LogP contribution in [0.25, 0.3) is 6.08 Å². The lowest BCUT2D eigenvalue weighted by molar-refractivity contribution is -0.188. The van der Waals surface area contributed by atoms with Gasteiger partial charge in [0.2, 0.25) is 18.6 Å². The van der Waals surface area contributed by atoms with Gasteiger partial charge in [0.15, 0.2) is 17.3 Å². The van der Waals surface area contributed by atoms with Crippen LogP contribution in [-0.4, -0.2) is 53.9 Å². The summed E-state index contributed by atoms with van der Waals surface area (Å²) in [6.07, 6.45) is 2.82. The fourth-order valence-corrected chi connectivity index (χ4v) is 4.92. The molecule has 2 N–H and O–H groups in total. The molecule has 2 aliphatic heterocycles. The third kappa shape index (κ3) is 6.85. The predicted molar refractivity (Wildman–Crippen MR) is 151 cm³/mol. The topological polar surface area (TPSA) is 140 Å². The summed E-state index contributed by atoms with van der Waals surface area (Å²) < 4.78 is 10.7. The number of hydroxylamine groups is 2. The number of hydrogen-bond donors (Lipinski definition) is 2. The van der Waals surface area contributed by atoms with E-state index in [9.17, 15) is 24.0 Å². The van der Waals surface area contributed by atoms with Crippen LogP contribution < -0.4 is 20.1 Å². The van der Waals surface area contributed by atoms with Gasteiger partial charge in [-0.25, -0.2) is 0 Å². The van der Waals surface area contributed by atoms with Gasteiger partial charge in [0, 0.05) is 6.08 Å². The Hall–Kier alpha value is -4.51. The van der Waals surface area contributed by atoms with Gasteiger partial charge in [-0.2, -0.15) is 5.06 Å². The van der Waals surface area contributed by atoms with E-state index in [1.807, 2.05) is 6.07 Å². The van der Waals surface area contributed by atoms with Crippen molar-refractivity contribution in [2.24, 2.45) is 17.8 Å². The lowest BCUT2D eigenvalue weighted by Crippen LogP contribution is -2.49. The van der Waals surface area contributed by atoms with Crippen molar-refractivity contribution in [3.63, 3.8) is 0 Å². The van der Waals surface area contributed by atoms with Gasteiger partial charge in [0.1, 0.15) is 5.92 Å². The van der Waals surface area contributed by atoms with Crippen LogP contribution in [0.1, 0.15) is 51.3 Å². The molecule has 42 heavy (non-hydrogen) atoms. The van der Waals surface area contributed by atoms with Gasteiger partial charge in [0.05, 0.1) is 31.0 Å². The van der Waals surface area contributed by atoms with Gasteiger partial charge in [-0.05, 0) is 42.2 Å². The first kappa shape index (κ1) is 30.4. The SMILES string of the molecule is CCON1C(=O)[C@@H](C(=O)[C@@H](NC(=O)C[C@H](NC(=O)/C=C/c2ccc3c(c2)OCO3)c2ccccc2)C(C)C)[C@H](C)C1=O. The van der Waals surface area contributed by atoms with Gasteiger partial charge in [-0.1, -0.05) is 57.2 Å². The number of amides is 4. The fourth-order valence-electron chi connectivity index (χ4n) is 4.92. The van der Waals surface area contributed by atoms with Crippen LogP contribution in [0.2, 0.25) is 0 Å². The highest BCUT2D eigenvalue weighted by molar-refractivity contribution is 6.16. The summed E-state index contributed by atoms with van der Waals surface area (Å²) in [6, 6.07) is 12.6. The van der Waals surface area contributed by atoms with Crippen LogP contribution in [0.3, 0.4) is 0 Å². The van der Waals surface area contributed by atoms with Crippen LogP contribution in [-0.2, 0) is 28.8 Å². The Labute approximate surface area is 244 Å². The Bertz CT molecular complexity index is 1370. The highest BCUT2D eigenvalue weighted by Gasteiger charge is 2.51. The highest BCUT2D eigenvalue weighted by atomic mass is 16.7. The number of hydrogen-bond acceptors (Lipinski definition) is 8. The van der Waals surface area contributed by atoms with E-state index in [1.54, 1.807) is 69.3 Å². The van der Waals surface area contributed by atoms with Gasteiger partial charge >= 0.3 is 0 Å². The molecule has 2 heterocycles. The maximum absolute atomic E-state index is 13.5. The summed E-state index contributed by atoms with van der Waals surface area (Å²) in [5, 5.41) is 6.25. The van der Waals surface area contributed by atoms with Crippen LogP contribution >= 0.6 is 0 Å². The molecule has 1 fully saturated rings. The average molecular weight is 578 g/mol. The molecule has 222 valence electrons. The molecule has 11 heteroatoms. The standard InChI is InChI=1S/C31H35N3O8/c1-5-42-34-30(38)19(4)27(31(34)39)29(37)28(18(2)3)33-26(36)16-22(21-9-7-6-8-10-21)32-25(35)14-12-20-11-13-23-24(15-20)41-17-40-23/h6-15,18-19,22,27-28H,5,16-17H2,1-4H3,(H,32,35)(H,33,36)/b14-12+/t19-,22-,27+,28-/m0/s1. The van der Waals surface area contributed by atoms with Crippen molar-refractivity contribution in [1.29, 1.82) is 0 Å². The number of nitrogens with zero attached hydrogens (tertiary/aromatic N) is 1. The van der Waals surface area contributed by atoms with Crippen molar-refractivity contribution in [2.45, 2.75) is 46.2 Å². The van der Waals surface area contributed by atoms with E-state index >= 15 is 0 Å². The second-order valence-corrected chi connectivity index (χ2v) is 10.5. The molecule has 1 saturated heterocycles. The number of Topliss-reactive ketones (excluding diaryl/α,β-unsaturated/α-hetero) is 1. The van der Waals surface area contributed by atoms with E-state index in [2.05, 4.69) is 10.6 Å². The zero-order valence-electron chi connectivity index (χ0n) is 24.0. The van der Waals surface area contributed by atoms with Gasteiger partial charge in [-0.3, -0.25) is 28.8 Å². The lowest BCUT2D eigenvalue weighted by Gasteiger charge is -2.26. The molecular weight excluding hydrogens is 542 g/mol. The minimum absolute atomic E-state index is 0.0912. The number of rotatable bonds is 12. The molecule has 4 atom stereocenters. The number of ether oxygens (including phenoxy) is 2. The zero-order valence-corrected chi connectivity index (χ0v) is 24.0. The molecule has 2 aliphatic rings. The summed E-state index contributed by atoms with van der Waals surface area (Å²) in [4.78, 5) is 70.2. The van der Waals surface area contributed by atoms with Crippen molar-refractivity contribution in [3.05, 3.63) is 65.7 Å². The Morgan fingerprint density at radius 1 is 1.02 bits per heavy atom. The van der Waals surface area contributed by atoms with Gasteiger partial charge in [-0.15, -0.1) is 0 Å². The second kappa shape index (κ2) is 13.4. The molecule has 11 nitrogen and oxygen atoms in total. The third-order valence-electron chi connectivity index (χ3n) is 7.14. The van der Waals surface area contributed by atoms with E-state index in [1.165, 1.54) is 13.0 Å². The van der Waals surface area contributed by atoms with Crippen molar-refractivity contribution in [3.8, 4) is 11.5 Å². The summed E-state index contributed by atoms with van der Waals surface area (Å²) in [5.74, 6) is -4.12. The highest BCUT2D eigenvalue weighted by Crippen LogP contribution is 2.33. The molecule has 0 aliphatic carbocycles. The number of carbonyl (C=O) groups excluding carboxylic acids is 5. The minimum Gasteiger partial charge on any atom is -0.454 e. The smallest absolute Gasteiger partial charge is 0.264 e. The van der Waals surface area contributed by atoms with Gasteiger partial charge in [0.25, 0.3) is 11.8 Å².